The third-order valence-electron chi connectivity index (χ3n) is 1.30. The second-order valence-corrected chi connectivity index (χ2v) is 2.20. The number of carbonyl (C=O) groups is 3. The van der Waals surface area contributed by atoms with E-state index in [1.807, 2.05) is 0 Å². The highest BCUT2D eigenvalue weighted by Gasteiger charge is 2.23. The Hall–Kier alpha value is -1.65. The van der Waals surface area contributed by atoms with E-state index in [0.717, 1.165) is 17.1 Å². The van der Waals surface area contributed by atoms with Crippen molar-refractivity contribution in [3.05, 3.63) is 12.2 Å². The number of carbonyl (C=O) groups excluding carboxylic acids is 3. The zero-order valence-corrected chi connectivity index (χ0v) is 6.44. The van der Waals surface area contributed by atoms with Gasteiger partial charge in [0.1, 0.15) is 0 Å². The summed E-state index contributed by atoms with van der Waals surface area (Å²) in [6.45, 7) is 0.901. The highest BCUT2D eigenvalue weighted by Crippen LogP contribution is 2.02. The van der Waals surface area contributed by atoms with Crippen LogP contribution in [0.25, 0.3) is 0 Å². The predicted octanol–water partition coefficient (Wildman–Crippen LogP) is -0.568. The summed E-state index contributed by atoms with van der Waals surface area (Å²) in [6.07, 6.45) is 2.26. The van der Waals surface area contributed by atoms with Gasteiger partial charge in [0.05, 0.1) is 0 Å². The number of imide groups is 1. The molecule has 1 heterocycles. The van der Waals surface area contributed by atoms with Gasteiger partial charge < -0.3 is 4.74 Å². The first-order chi connectivity index (χ1) is 5.61. The molecule has 12 heavy (non-hydrogen) atoms. The van der Waals surface area contributed by atoms with Crippen molar-refractivity contribution in [1.82, 2.24) is 4.90 Å². The molecule has 0 fully saturated rings. The molecule has 1 rings (SSSR count). The molecule has 0 aromatic rings. The Kier molecular flexibility index (Phi) is 2.23. The summed E-state index contributed by atoms with van der Waals surface area (Å²) in [5.74, 6) is -1.44. The summed E-state index contributed by atoms with van der Waals surface area (Å²) in [5.41, 5.74) is 0. The van der Waals surface area contributed by atoms with E-state index in [1.54, 1.807) is 0 Å². The van der Waals surface area contributed by atoms with E-state index in [-0.39, 0.29) is 6.73 Å². The lowest BCUT2D eigenvalue weighted by Crippen LogP contribution is -2.32. The van der Waals surface area contributed by atoms with Crippen molar-refractivity contribution < 1.29 is 19.1 Å². The average Bonchev–Trinajstić information content (AvgIpc) is 2.28. The van der Waals surface area contributed by atoms with Crippen molar-refractivity contribution in [1.29, 1.82) is 0 Å². The van der Waals surface area contributed by atoms with E-state index < -0.39 is 17.8 Å². The topological polar surface area (TPSA) is 63.7 Å². The maximum absolute atomic E-state index is 10.8. The number of nitrogens with zero attached hydrogens (tertiary/aromatic N) is 1. The standard InChI is InChI=1S/C7H7NO4/c1-5(9)12-4-8-6(10)2-3-7(8)11/h2-3H,4H2,1H3. The Morgan fingerprint density at radius 2 is 1.92 bits per heavy atom. The van der Waals surface area contributed by atoms with E-state index in [9.17, 15) is 14.4 Å². The van der Waals surface area contributed by atoms with Crippen LogP contribution in [-0.4, -0.2) is 29.4 Å². The molecule has 0 spiro atoms. The van der Waals surface area contributed by atoms with Crippen molar-refractivity contribution in [3.8, 4) is 0 Å². The molecule has 1 aliphatic heterocycles. The number of hydrogen-bond acceptors (Lipinski definition) is 4. The minimum absolute atomic E-state index is 0.306. The monoisotopic (exact) mass is 169 g/mol. The van der Waals surface area contributed by atoms with Crippen molar-refractivity contribution in [2.45, 2.75) is 6.92 Å². The van der Waals surface area contributed by atoms with Crippen LogP contribution in [0, 0.1) is 0 Å². The zero-order chi connectivity index (χ0) is 9.14. The van der Waals surface area contributed by atoms with Crippen molar-refractivity contribution >= 4 is 17.8 Å². The molecule has 64 valence electrons. The van der Waals surface area contributed by atoms with Gasteiger partial charge in [-0.05, 0) is 0 Å². The van der Waals surface area contributed by atoms with Gasteiger partial charge in [-0.3, -0.25) is 14.4 Å². The largest absolute Gasteiger partial charge is 0.444 e. The van der Waals surface area contributed by atoms with E-state index in [1.165, 1.54) is 6.92 Å². The Labute approximate surface area is 68.6 Å². The molecule has 0 N–H and O–H groups in total. The highest BCUT2D eigenvalue weighted by molar-refractivity contribution is 6.12. The maximum atomic E-state index is 10.8. The fourth-order valence-electron chi connectivity index (χ4n) is 0.714. The van der Waals surface area contributed by atoms with Crippen LogP contribution in [0.1, 0.15) is 6.92 Å². The number of esters is 1. The lowest BCUT2D eigenvalue weighted by atomic mass is 10.6. The Balaban J connectivity index is 2.48. The Bertz CT molecular complexity index is 251. The maximum Gasteiger partial charge on any atom is 0.304 e. The molecule has 0 unspecified atom stereocenters. The summed E-state index contributed by atoms with van der Waals surface area (Å²) in [7, 11) is 0. The fraction of sp³-hybridized carbons (Fsp3) is 0.286. The number of ether oxygens (including phenoxy) is 1. The van der Waals surface area contributed by atoms with E-state index in [4.69, 9.17) is 0 Å². The fourth-order valence-corrected chi connectivity index (χ4v) is 0.714. The second-order valence-electron chi connectivity index (χ2n) is 2.20. The molecule has 0 aromatic carbocycles. The Morgan fingerprint density at radius 1 is 1.42 bits per heavy atom. The third kappa shape index (κ3) is 1.69. The van der Waals surface area contributed by atoms with E-state index in [2.05, 4.69) is 4.74 Å². The van der Waals surface area contributed by atoms with Crippen molar-refractivity contribution in [3.63, 3.8) is 0 Å². The Morgan fingerprint density at radius 3 is 2.33 bits per heavy atom. The first-order valence-corrected chi connectivity index (χ1v) is 3.28. The molecule has 5 heteroatoms. The van der Waals surface area contributed by atoms with Gasteiger partial charge in [-0.2, -0.15) is 0 Å². The molecule has 0 saturated carbocycles. The molecular weight excluding hydrogens is 162 g/mol. The van der Waals surface area contributed by atoms with Gasteiger partial charge in [-0.15, -0.1) is 0 Å². The van der Waals surface area contributed by atoms with Crippen LogP contribution in [0.5, 0.6) is 0 Å². The molecule has 0 aliphatic carbocycles. The van der Waals surface area contributed by atoms with Crippen LogP contribution >= 0.6 is 0 Å². The number of rotatable bonds is 2. The smallest absolute Gasteiger partial charge is 0.304 e. The van der Waals surface area contributed by atoms with Gasteiger partial charge >= 0.3 is 5.97 Å². The van der Waals surface area contributed by atoms with Crippen LogP contribution in [0.4, 0.5) is 0 Å². The molecule has 0 saturated heterocycles. The van der Waals surface area contributed by atoms with Gasteiger partial charge in [0, 0.05) is 19.1 Å². The summed E-state index contributed by atoms with van der Waals surface area (Å²) >= 11 is 0. The summed E-state index contributed by atoms with van der Waals surface area (Å²) in [5, 5.41) is 0. The van der Waals surface area contributed by atoms with Gasteiger partial charge in [0.15, 0.2) is 6.73 Å². The molecular formula is C7H7NO4. The summed E-state index contributed by atoms with van der Waals surface area (Å²) in [4.78, 5) is 32.8. The summed E-state index contributed by atoms with van der Waals surface area (Å²) < 4.78 is 4.47. The van der Waals surface area contributed by atoms with E-state index >= 15 is 0 Å². The van der Waals surface area contributed by atoms with Crippen LogP contribution in [0.15, 0.2) is 12.2 Å². The number of amides is 2. The molecule has 0 radical (unpaired) electrons. The first-order valence-electron chi connectivity index (χ1n) is 3.28. The van der Waals surface area contributed by atoms with Gasteiger partial charge in [0.2, 0.25) is 0 Å². The lowest BCUT2D eigenvalue weighted by Gasteiger charge is -2.12. The molecule has 5 nitrogen and oxygen atoms in total. The SMILES string of the molecule is CC(=O)OCN1C(=O)C=CC1=O. The molecule has 0 aromatic heterocycles. The third-order valence-corrected chi connectivity index (χ3v) is 1.30. The molecule has 0 bridgehead atoms. The van der Waals surface area contributed by atoms with Crippen LogP contribution in [0.2, 0.25) is 0 Å². The lowest BCUT2D eigenvalue weighted by molar-refractivity contribution is -0.152. The quantitative estimate of drug-likeness (QED) is 0.410. The van der Waals surface area contributed by atoms with Gasteiger partial charge in [0.25, 0.3) is 11.8 Å². The van der Waals surface area contributed by atoms with Crippen LogP contribution in [0.3, 0.4) is 0 Å². The molecule has 2 amide bonds. The molecule has 1 aliphatic rings. The summed E-state index contributed by atoms with van der Waals surface area (Å²) in [6, 6.07) is 0. The number of hydrogen-bond donors (Lipinski definition) is 0. The second kappa shape index (κ2) is 3.17. The minimum Gasteiger partial charge on any atom is -0.444 e. The van der Waals surface area contributed by atoms with Gasteiger partial charge in [-0.1, -0.05) is 0 Å². The van der Waals surface area contributed by atoms with Gasteiger partial charge in [-0.25, -0.2) is 4.90 Å². The van der Waals surface area contributed by atoms with Crippen LogP contribution < -0.4 is 0 Å². The minimum atomic E-state index is -0.525. The predicted molar refractivity (Wildman–Crippen MR) is 37.6 cm³/mol. The normalized spacial score (nSPS) is 15.6. The van der Waals surface area contributed by atoms with Crippen LogP contribution in [-0.2, 0) is 19.1 Å². The van der Waals surface area contributed by atoms with Crippen molar-refractivity contribution in [2.24, 2.45) is 0 Å². The highest BCUT2D eigenvalue weighted by atomic mass is 16.5. The van der Waals surface area contributed by atoms with E-state index in [0.29, 0.717) is 0 Å². The van der Waals surface area contributed by atoms with Crippen molar-refractivity contribution in [2.75, 3.05) is 6.73 Å². The average molecular weight is 169 g/mol. The zero-order valence-electron chi connectivity index (χ0n) is 6.44. The molecule has 0 atom stereocenters. The first kappa shape index (κ1) is 8.45.